The lowest BCUT2D eigenvalue weighted by Gasteiger charge is -1.98. The Balaban J connectivity index is 0. The molecule has 0 aromatic carbocycles. The summed E-state index contributed by atoms with van der Waals surface area (Å²) in [7, 11) is 0. The fourth-order valence-corrected chi connectivity index (χ4v) is 2.37. The summed E-state index contributed by atoms with van der Waals surface area (Å²) in [5, 5.41) is 15.3. The van der Waals surface area contributed by atoms with Crippen LogP contribution in [0.1, 0.15) is 64.2 Å². The van der Waals surface area contributed by atoms with E-state index in [1.807, 2.05) is 80.5 Å². The van der Waals surface area contributed by atoms with Crippen LogP contribution in [0.25, 0.3) is 11.6 Å². The highest BCUT2D eigenvalue weighted by atomic mass is 15.5. The predicted octanol–water partition coefficient (Wildman–Crippen LogP) is 2.63. The minimum absolute atomic E-state index is 0.561. The third kappa shape index (κ3) is 12.2. The highest BCUT2D eigenvalue weighted by molar-refractivity contribution is 5.44. The molecule has 0 aliphatic heterocycles. The Kier molecular flexibility index (Phi) is 18.8. The van der Waals surface area contributed by atoms with E-state index in [0.717, 1.165) is 28.2 Å². The number of aromatic nitrogens is 7. The van der Waals surface area contributed by atoms with Gasteiger partial charge in [-0.25, -0.2) is 4.98 Å². The van der Waals surface area contributed by atoms with Crippen LogP contribution in [0.2, 0.25) is 0 Å². The van der Waals surface area contributed by atoms with Gasteiger partial charge in [0.1, 0.15) is 11.8 Å². The zero-order chi connectivity index (χ0) is 28.1. The molecule has 0 unspecified atom stereocenters. The van der Waals surface area contributed by atoms with Crippen molar-refractivity contribution in [2.45, 2.75) is 62.3 Å². The van der Waals surface area contributed by atoms with Crippen molar-refractivity contribution in [1.82, 2.24) is 34.4 Å². The molecule has 36 heavy (non-hydrogen) atoms. The highest BCUT2D eigenvalue weighted by Crippen LogP contribution is 2.01. The van der Waals surface area contributed by atoms with Gasteiger partial charge in [-0.1, -0.05) is 47.6 Å². The molecule has 4 heterocycles. The van der Waals surface area contributed by atoms with E-state index >= 15 is 0 Å². The molecular formula is C24H44N12. The maximum atomic E-state index is 5.47. The van der Waals surface area contributed by atoms with Gasteiger partial charge in [-0.15, -0.1) is 9.73 Å². The summed E-state index contributed by atoms with van der Waals surface area (Å²) in [6.45, 7) is 17.7. The summed E-state index contributed by atoms with van der Waals surface area (Å²) in [6.07, 6.45) is 8.08. The topological polar surface area (TPSA) is 182 Å². The van der Waals surface area contributed by atoms with Gasteiger partial charge >= 0.3 is 0 Å². The Hall–Kier alpha value is -4.35. The minimum atomic E-state index is 0.561. The Morgan fingerprint density at radius 3 is 1.97 bits per heavy atom. The number of nitrogens with zero attached hydrogens (tertiary/aromatic N) is 8. The Labute approximate surface area is 214 Å². The molecule has 0 bridgehead atoms. The van der Waals surface area contributed by atoms with E-state index in [1.54, 1.807) is 29.2 Å². The SMILES string of the molecule is CC.CC.CC.Cc1cc(/C=C\N)n(N)n1.Cc1cc/c(=N/N)n(N)c1.Cc1cc2cncnn2n1. The third-order valence-corrected chi connectivity index (χ3v) is 3.66. The molecule has 0 atom stereocenters. The molecule has 0 aliphatic carbocycles. The lowest BCUT2D eigenvalue weighted by atomic mass is 10.3. The van der Waals surface area contributed by atoms with Gasteiger partial charge in [-0.3, -0.25) is 4.68 Å². The van der Waals surface area contributed by atoms with Crippen molar-refractivity contribution in [2.24, 2.45) is 16.7 Å². The fourth-order valence-electron chi connectivity index (χ4n) is 2.37. The quantitative estimate of drug-likeness (QED) is 0.227. The smallest absolute Gasteiger partial charge is 0.170 e. The largest absolute Gasteiger partial charge is 0.405 e. The van der Waals surface area contributed by atoms with E-state index in [1.165, 1.54) is 22.0 Å². The van der Waals surface area contributed by atoms with Crippen molar-refractivity contribution in [2.75, 3.05) is 11.7 Å². The summed E-state index contributed by atoms with van der Waals surface area (Å²) >= 11 is 0. The lowest BCUT2D eigenvalue weighted by molar-refractivity contribution is 0.770. The zero-order valence-electron chi connectivity index (χ0n) is 23.1. The van der Waals surface area contributed by atoms with Gasteiger partial charge in [0.15, 0.2) is 5.49 Å². The van der Waals surface area contributed by atoms with Crippen LogP contribution in [0.3, 0.4) is 0 Å². The second kappa shape index (κ2) is 20.1. The van der Waals surface area contributed by atoms with E-state index in [9.17, 15) is 0 Å². The average Bonchev–Trinajstić information content (AvgIpc) is 3.43. The maximum absolute atomic E-state index is 5.47. The molecule has 0 fully saturated rings. The first-order chi connectivity index (χ1) is 17.3. The average molecular weight is 501 g/mol. The van der Waals surface area contributed by atoms with Crippen molar-refractivity contribution in [1.29, 1.82) is 0 Å². The van der Waals surface area contributed by atoms with Gasteiger partial charge in [0.2, 0.25) is 0 Å². The van der Waals surface area contributed by atoms with Crippen molar-refractivity contribution < 1.29 is 0 Å². The van der Waals surface area contributed by atoms with E-state index in [2.05, 4.69) is 25.4 Å². The molecule has 0 aliphatic rings. The molecule has 0 spiro atoms. The summed E-state index contributed by atoms with van der Waals surface area (Å²) in [6, 6.07) is 7.44. The van der Waals surface area contributed by atoms with Gasteiger partial charge in [-0.05, 0) is 56.8 Å². The zero-order valence-corrected chi connectivity index (χ0v) is 23.1. The molecule has 4 aromatic rings. The number of aryl methyl sites for hydroxylation is 3. The summed E-state index contributed by atoms with van der Waals surface area (Å²) in [5.41, 5.74) is 10.4. The lowest BCUT2D eigenvalue weighted by Crippen LogP contribution is -2.28. The molecule has 12 heteroatoms. The molecule has 8 N–H and O–H groups in total. The number of hydrogen-bond acceptors (Lipinski definition) is 9. The first kappa shape index (κ1) is 33.8. The summed E-state index contributed by atoms with van der Waals surface area (Å²) < 4.78 is 2.94. The molecule has 12 nitrogen and oxygen atoms in total. The number of pyridine rings is 1. The third-order valence-electron chi connectivity index (χ3n) is 3.66. The second-order valence-corrected chi connectivity index (χ2v) is 6.22. The van der Waals surface area contributed by atoms with E-state index < -0.39 is 0 Å². The van der Waals surface area contributed by atoms with Crippen molar-refractivity contribution >= 4 is 11.6 Å². The Morgan fingerprint density at radius 1 is 0.889 bits per heavy atom. The molecule has 4 rings (SSSR count). The van der Waals surface area contributed by atoms with Crippen LogP contribution in [-0.2, 0) is 0 Å². The van der Waals surface area contributed by atoms with Crippen molar-refractivity contribution in [3.63, 3.8) is 0 Å². The molecule has 0 amide bonds. The van der Waals surface area contributed by atoms with Crippen LogP contribution >= 0.6 is 0 Å². The van der Waals surface area contributed by atoms with Gasteiger partial charge in [0, 0.05) is 6.20 Å². The summed E-state index contributed by atoms with van der Waals surface area (Å²) in [4.78, 5) is 5.14. The Morgan fingerprint density at radius 2 is 1.50 bits per heavy atom. The van der Waals surface area contributed by atoms with Crippen LogP contribution in [0, 0.1) is 20.8 Å². The first-order valence-corrected chi connectivity index (χ1v) is 11.8. The molecular weight excluding hydrogens is 456 g/mol. The number of nitrogens with two attached hydrogens (primary N) is 4. The van der Waals surface area contributed by atoms with Crippen LogP contribution in [0.5, 0.6) is 0 Å². The monoisotopic (exact) mass is 500 g/mol. The van der Waals surface area contributed by atoms with E-state index in [4.69, 9.17) is 23.3 Å². The van der Waals surface area contributed by atoms with Crippen LogP contribution < -0.4 is 28.7 Å². The molecule has 0 saturated carbocycles. The van der Waals surface area contributed by atoms with Gasteiger partial charge in [-0.2, -0.15) is 20.1 Å². The van der Waals surface area contributed by atoms with Crippen molar-refractivity contribution in [3.8, 4) is 0 Å². The standard InChI is InChI=1S/C6H6N4.2C6H10N4.3C2H6/c1-5-2-6-3-7-4-8-10(6)9-5;1-5-4-6(2-3-7)10(8)9-5;1-5-2-3-6(9-7)10(8)4-5;3*1-2/h2-4H,1H3;2*2-4H,7-8H2,1H3;3*1-2H3/b;3-2-;9-6-;;;. The number of hydrogen-bond donors (Lipinski definition) is 4. The molecule has 0 radical (unpaired) electrons. The highest BCUT2D eigenvalue weighted by Gasteiger charge is 1.96. The van der Waals surface area contributed by atoms with Crippen LogP contribution in [0.15, 0.2) is 54.3 Å². The fraction of sp³-hybridized carbons (Fsp3) is 0.375. The van der Waals surface area contributed by atoms with Crippen LogP contribution in [-0.4, -0.2) is 34.4 Å². The molecule has 0 saturated heterocycles. The maximum Gasteiger partial charge on any atom is 0.170 e. The molecule has 200 valence electrons. The summed E-state index contributed by atoms with van der Waals surface area (Å²) in [5.74, 6) is 15.9. The normalized spacial score (nSPS) is 9.75. The van der Waals surface area contributed by atoms with Gasteiger partial charge in [0.25, 0.3) is 0 Å². The van der Waals surface area contributed by atoms with E-state index in [0.29, 0.717) is 5.49 Å². The Bertz CT molecular complexity index is 1150. The minimum Gasteiger partial charge on any atom is -0.405 e. The van der Waals surface area contributed by atoms with Crippen LogP contribution in [0.4, 0.5) is 0 Å². The van der Waals surface area contributed by atoms with Gasteiger partial charge < -0.3 is 23.3 Å². The number of rotatable bonds is 1. The second-order valence-electron chi connectivity index (χ2n) is 6.22. The van der Waals surface area contributed by atoms with Crippen molar-refractivity contribution in [3.05, 3.63) is 77.3 Å². The number of fused-ring (bicyclic) bond motifs is 1. The van der Waals surface area contributed by atoms with E-state index in [-0.39, 0.29) is 0 Å². The van der Waals surface area contributed by atoms with Gasteiger partial charge in [0.05, 0.1) is 23.3 Å². The number of nitrogen functional groups attached to an aromatic ring is 2. The molecule has 4 aromatic heterocycles. The first-order valence-electron chi connectivity index (χ1n) is 11.8. The predicted molar refractivity (Wildman–Crippen MR) is 149 cm³/mol.